The van der Waals surface area contributed by atoms with Gasteiger partial charge in [-0.2, -0.15) is 0 Å². The quantitative estimate of drug-likeness (QED) is 0.787. The Labute approximate surface area is 117 Å². The van der Waals surface area contributed by atoms with Crippen LogP contribution in [0.15, 0.2) is 48.7 Å². The third kappa shape index (κ3) is 2.97. The van der Waals surface area contributed by atoms with Gasteiger partial charge < -0.3 is 5.32 Å². The lowest BCUT2D eigenvalue weighted by atomic mass is 10.3. The first-order valence-electron chi connectivity index (χ1n) is 6.65. The Morgan fingerprint density at radius 1 is 0.850 bits per heavy atom. The van der Waals surface area contributed by atoms with Crippen LogP contribution in [0, 0.1) is 6.92 Å². The van der Waals surface area contributed by atoms with Gasteiger partial charge in [-0.3, -0.25) is 9.97 Å². The summed E-state index contributed by atoms with van der Waals surface area (Å²) in [7, 11) is 0. The van der Waals surface area contributed by atoms with Crippen LogP contribution in [-0.4, -0.2) is 15.0 Å². The molecule has 2 heterocycles. The number of nitrogens with one attached hydrogen (secondary N) is 1. The average Bonchev–Trinajstić information content (AvgIpc) is 2.47. The summed E-state index contributed by atoms with van der Waals surface area (Å²) in [5.74, 6) is 0. The van der Waals surface area contributed by atoms with Crippen molar-refractivity contribution in [3.05, 3.63) is 65.7 Å². The molecule has 100 valence electrons. The maximum absolute atomic E-state index is 4.58. The highest BCUT2D eigenvalue weighted by Crippen LogP contribution is 2.08. The molecule has 3 aromatic rings. The van der Waals surface area contributed by atoms with Crippen LogP contribution < -0.4 is 5.32 Å². The molecule has 0 fully saturated rings. The van der Waals surface area contributed by atoms with Crippen molar-refractivity contribution in [2.45, 2.75) is 20.0 Å². The molecule has 0 bridgehead atoms. The second kappa shape index (κ2) is 5.75. The summed E-state index contributed by atoms with van der Waals surface area (Å²) >= 11 is 0. The molecule has 0 unspecified atom stereocenters. The number of nitrogens with zero attached hydrogens (tertiary/aromatic N) is 3. The maximum Gasteiger partial charge on any atom is 0.0890 e. The molecule has 0 aliphatic rings. The van der Waals surface area contributed by atoms with E-state index in [2.05, 4.69) is 20.3 Å². The van der Waals surface area contributed by atoms with E-state index in [-0.39, 0.29) is 0 Å². The molecule has 0 aliphatic carbocycles. The number of aromatic nitrogens is 3. The summed E-state index contributed by atoms with van der Waals surface area (Å²) in [5, 5.41) is 3.34. The normalized spacial score (nSPS) is 10.8. The Hall–Kier alpha value is -2.33. The lowest BCUT2D eigenvalue weighted by molar-refractivity contribution is 0.666. The van der Waals surface area contributed by atoms with Gasteiger partial charge in [0, 0.05) is 18.8 Å². The fourth-order valence-corrected chi connectivity index (χ4v) is 2.10. The van der Waals surface area contributed by atoms with E-state index in [0.29, 0.717) is 6.54 Å². The summed E-state index contributed by atoms with van der Waals surface area (Å²) in [6.45, 7) is 3.42. The van der Waals surface area contributed by atoms with Crippen molar-refractivity contribution in [3.63, 3.8) is 0 Å². The monoisotopic (exact) mass is 264 g/mol. The van der Waals surface area contributed by atoms with Crippen molar-refractivity contribution in [2.75, 3.05) is 0 Å². The summed E-state index contributed by atoms with van der Waals surface area (Å²) in [6, 6.07) is 13.9. The molecule has 0 aliphatic heterocycles. The number of fused-ring (bicyclic) bond motifs is 1. The number of benzene rings is 1. The largest absolute Gasteiger partial charge is 0.305 e. The fourth-order valence-electron chi connectivity index (χ4n) is 2.10. The smallest absolute Gasteiger partial charge is 0.0890 e. The maximum atomic E-state index is 4.58. The van der Waals surface area contributed by atoms with Crippen molar-refractivity contribution in [3.8, 4) is 0 Å². The molecule has 4 heteroatoms. The lowest BCUT2D eigenvalue weighted by Crippen LogP contribution is -2.15. The molecule has 2 aromatic heterocycles. The number of para-hydroxylation sites is 2. The van der Waals surface area contributed by atoms with Gasteiger partial charge in [-0.1, -0.05) is 18.2 Å². The number of aryl methyl sites for hydroxylation is 1. The summed E-state index contributed by atoms with van der Waals surface area (Å²) in [5.41, 5.74) is 4.88. The number of rotatable bonds is 4. The zero-order valence-electron chi connectivity index (χ0n) is 11.4. The third-order valence-electron chi connectivity index (χ3n) is 3.06. The molecule has 0 radical (unpaired) electrons. The van der Waals surface area contributed by atoms with E-state index in [1.54, 1.807) is 0 Å². The van der Waals surface area contributed by atoms with Crippen LogP contribution in [0.3, 0.4) is 0 Å². The predicted octanol–water partition coefficient (Wildman–Crippen LogP) is 2.62. The van der Waals surface area contributed by atoms with Gasteiger partial charge in [-0.25, -0.2) is 4.98 Å². The number of hydrogen-bond acceptors (Lipinski definition) is 4. The topological polar surface area (TPSA) is 50.7 Å². The van der Waals surface area contributed by atoms with Gasteiger partial charge in [0.2, 0.25) is 0 Å². The van der Waals surface area contributed by atoms with Crippen LogP contribution in [0.1, 0.15) is 17.1 Å². The molecule has 0 saturated carbocycles. The van der Waals surface area contributed by atoms with Crippen molar-refractivity contribution >= 4 is 11.0 Å². The van der Waals surface area contributed by atoms with Gasteiger partial charge >= 0.3 is 0 Å². The van der Waals surface area contributed by atoms with Crippen molar-refractivity contribution < 1.29 is 0 Å². The van der Waals surface area contributed by atoms with Crippen LogP contribution in [0.5, 0.6) is 0 Å². The van der Waals surface area contributed by atoms with E-state index in [9.17, 15) is 0 Å². The lowest BCUT2D eigenvalue weighted by Gasteiger charge is -2.05. The highest BCUT2D eigenvalue weighted by atomic mass is 14.9. The highest BCUT2D eigenvalue weighted by molar-refractivity contribution is 5.73. The minimum absolute atomic E-state index is 0.688. The van der Waals surface area contributed by atoms with Gasteiger partial charge in [-0.15, -0.1) is 0 Å². The second-order valence-corrected chi connectivity index (χ2v) is 4.72. The van der Waals surface area contributed by atoms with E-state index in [1.165, 1.54) is 0 Å². The van der Waals surface area contributed by atoms with Gasteiger partial charge in [-0.05, 0) is 31.2 Å². The second-order valence-electron chi connectivity index (χ2n) is 4.72. The molecular weight excluding hydrogens is 248 g/mol. The first-order valence-corrected chi connectivity index (χ1v) is 6.65. The first kappa shape index (κ1) is 12.7. The van der Waals surface area contributed by atoms with Gasteiger partial charge in [0.25, 0.3) is 0 Å². The van der Waals surface area contributed by atoms with Crippen LogP contribution in [0.2, 0.25) is 0 Å². The molecule has 4 nitrogen and oxygen atoms in total. The molecule has 20 heavy (non-hydrogen) atoms. The number of pyridine rings is 1. The Kier molecular flexibility index (Phi) is 3.65. The van der Waals surface area contributed by atoms with Crippen molar-refractivity contribution in [2.24, 2.45) is 0 Å². The predicted molar refractivity (Wildman–Crippen MR) is 79.1 cm³/mol. The first-order chi connectivity index (χ1) is 9.81. The highest BCUT2D eigenvalue weighted by Gasteiger charge is 2.00. The Bertz CT molecular complexity index is 724. The zero-order valence-corrected chi connectivity index (χ0v) is 11.4. The standard InChI is InChI=1S/C16H16N4/c1-12-5-4-6-13(19-12)9-17-10-14-11-18-15-7-2-3-8-16(15)20-14/h2-8,11,17H,9-10H2,1H3. The van der Waals surface area contributed by atoms with E-state index >= 15 is 0 Å². The van der Waals surface area contributed by atoms with E-state index < -0.39 is 0 Å². The summed E-state index contributed by atoms with van der Waals surface area (Å²) < 4.78 is 0. The van der Waals surface area contributed by atoms with Gasteiger partial charge in [0.15, 0.2) is 0 Å². The minimum atomic E-state index is 0.688. The van der Waals surface area contributed by atoms with E-state index in [4.69, 9.17) is 0 Å². The van der Waals surface area contributed by atoms with Crippen molar-refractivity contribution in [1.29, 1.82) is 0 Å². The molecule has 0 atom stereocenters. The molecular formula is C16H16N4. The van der Waals surface area contributed by atoms with Gasteiger partial charge in [0.1, 0.15) is 0 Å². The Morgan fingerprint density at radius 3 is 2.50 bits per heavy atom. The average molecular weight is 264 g/mol. The number of hydrogen-bond donors (Lipinski definition) is 1. The molecule has 1 N–H and O–H groups in total. The molecule has 3 rings (SSSR count). The van der Waals surface area contributed by atoms with Crippen LogP contribution in [0.25, 0.3) is 11.0 Å². The van der Waals surface area contributed by atoms with Crippen molar-refractivity contribution in [1.82, 2.24) is 20.3 Å². The molecule has 1 aromatic carbocycles. The molecule has 0 spiro atoms. The van der Waals surface area contributed by atoms with E-state index in [1.807, 2.05) is 55.6 Å². The SMILES string of the molecule is Cc1cccc(CNCc2cnc3ccccc3n2)n1. The Morgan fingerprint density at radius 2 is 1.65 bits per heavy atom. The Balaban J connectivity index is 1.65. The zero-order chi connectivity index (χ0) is 13.8. The summed E-state index contributed by atoms with van der Waals surface area (Å²) in [6.07, 6.45) is 1.82. The fraction of sp³-hybridized carbons (Fsp3) is 0.188. The van der Waals surface area contributed by atoms with Crippen LogP contribution in [-0.2, 0) is 13.1 Å². The summed E-state index contributed by atoms with van der Waals surface area (Å²) in [4.78, 5) is 13.4. The van der Waals surface area contributed by atoms with Crippen LogP contribution >= 0.6 is 0 Å². The van der Waals surface area contributed by atoms with Crippen LogP contribution in [0.4, 0.5) is 0 Å². The third-order valence-corrected chi connectivity index (χ3v) is 3.06. The van der Waals surface area contributed by atoms with Gasteiger partial charge in [0.05, 0.1) is 28.6 Å². The van der Waals surface area contributed by atoms with E-state index in [0.717, 1.165) is 34.7 Å². The molecule has 0 saturated heterocycles. The minimum Gasteiger partial charge on any atom is -0.305 e. The molecule has 0 amide bonds.